The van der Waals surface area contributed by atoms with E-state index in [1.807, 2.05) is 39.0 Å². The summed E-state index contributed by atoms with van der Waals surface area (Å²) in [6.07, 6.45) is 0.884. The van der Waals surface area contributed by atoms with Gasteiger partial charge in [-0.3, -0.25) is 4.99 Å². The molecular weight excluding hydrogens is 320 g/mol. The first-order valence-corrected chi connectivity index (χ1v) is 9.03. The number of nitrogens with one attached hydrogen (secondary N) is 2. The van der Waals surface area contributed by atoms with Gasteiger partial charge in [0.15, 0.2) is 5.96 Å². The third-order valence-electron chi connectivity index (χ3n) is 3.60. The molecule has 2 aromatic rings. The Morgan fingerprint density at radius 3 is 2.71 bits per heavy atom. The van der Waals surface area contributed by atoms with E-state index in [-0.39, 0.29) is 0 Å². The van der Waals surface area contributed by atoms with E-state index >= 15 is 0 Å². The SMILES string of the molecule is CCOc1ccccc1CCNC(=NC)NCc1sc(C)nc1C. The van der Waals surface area contributed by atoms with Gasteiger partial charge in [0.05, 0.1) is 23.9 Å². The number of para-hydroxylation sites is 1. The molecule has 0 bridgehead atoms. The van der Waals surface area contributed by atoms with Gasteiger partial charge in [-0.05, 0) is 38.8 Å². The number of nitrogens with zero attached hydrogens (tertiary/aromatic N) is 2. The fraction of sp³-hybridized carbons (Fsp3) is 0.444. The highest BCUT2D eigenvalue weighted by molar-refractivity contribution is 7.11. The zero-order chi connectivity index (χ0) is 17.4. The topological polar surface area (TPSA) is 58.5 Å². The summed E-state index contributed by atoms with van der Waals surface area (Å²) in [5.74, 6) is 1.76. The lowest BCUT2D eigenvalue weighted by Gasteiger charge is -2.13. The molecule has 0 aliphatic rings. The van der Waals surface area contributed by atoms with E-state index in [9.17, 15) is 0 Å². The Balaban J connectivity index is 1.83. The number of rotatable bonds is 7. The zero-order valence-corrected chi connectivity index (χ0v) is 15.7. The van der Waals surface area contributed by atoms with Gasteiger partial charge in [0.25, 0.3) is 0 Å². The van der Waals surface area contributed by atoms with Crippen LogP contribution in [0.2, 0.25) is 0 Å². The summed E-state index contributed by atoms with van der Waals surface area (Å²) >= 11 is 1.72. The minimum atomic E-state index is 0.682. The fourth-order valence-electron chi connectivity index (χ4n) is 2.44. The second-order valence-corrected chi connectivity index (χ2v) is 6.67. The molecule has 0 radical (unpaired) electrons. The molecule has 1 aromatic heterocycles. The minimum Gasteiger partial charge on any atom is -0.494 e. The van der Waals surface area contributed by atoms with E-state index in [4.69, 9.17) is 4.74 Å². The highest BCUT2D eigenvalue weighted by atomic mass is 32.1. The Labute approximate surface area is 148 Å². The lowest BCUT2D eigenvalue weighted by atomic mass is 10.1. The Kier molecular flexibility index (Phi) is 7.06. The average molecular weight is 347 g/mol. The van der Waals surface area contributed by atoms with Crippen LogP contribution in [-0.2, 0) is 13.0 Å². The standard InChI is InChI=1S/C18H26N4OS/c1-5-23-16-9-7-6-8-15(16)10-11-20-18(19-4)21-12-17-13(2)22-14(3)24-17/h6-9H,5,10-12H2,1-4H3,(H2,19,20,21). The molecule has 2 N–H and O–H groups in total. The predicted molar refractivity (Wildman–Crippen MR) is 101 cm³/mol. The fourth-order valence-corrected chi connectivity index (χ4v) is 3.32. The van der Waals surface area contributed by atoms with Crippen molar-refractivity contribution in [3.05, 3.63) is 45.4 Å². The summed E-state index contributed by atoms with van der Waals surface area (Å²) in [5, 5.41) is 7.79. The van der Waals surface area contributed by atoms with Crippen LogP contribution in [0.4, 0.5) is 0 Å². The number of guanidine groups is 1. The predicted octanol–water partition coefficient (Wildman–Crippen LogP) is 3.07. The number of aromatic nitrogens is 1. The van der Waals surface area contributed by atoms with Crippen molar-refractivity contribution < 1.29 is 4.74 Å². The second-order valence-electron chi connectivity index (χ2n) is 5.38. The van der Waals surface area contributed by atoms with Gasteiger partial charge in [-0.2, -0.15) is 0 Å². The number of thiazole rings is 1. The molecule has 24 heavy (non-hydrogen) atoms. The van der Waals surface area contributed by atoms with Crippen LogP contribution in [0.1, 0.15) is 28.1 Å². The summed E-state index contributed by atoms with van der Waals surface area (Å²) < 4.78 is 5.66. The number of aliphatic imine (C=N–C) groups is 1. The number of benzene rings is 1. The Morgan fingerprint density at radius 1 is 1.25 bits per heavy atom. The van der Waals surface area contributed by atoms with Crippen LogP contribution >= 0.6 is 11.3 Å². The van der Waals surface area contributed by atoms with Gasteiger partial charge in [0.1, 0.15) is 5.75 Å². The lowest BCUT2D eigenvalue weighted by Crippen LogP contribution is -2.37. The number of hydrogen-bond acceptors (Lipinski definition) is 4. The van der Waals surface area contributed by atoms with Crippen molar-refractivity contribution in [3.63, 3.8) is 0 Å². The maximum atomic E-state index is 5.66. The first-order chi connectivity index (χ1) is 11.6. The van der Waals surface area contributed by atoms with Crippen molar-refractivity contribution >= 4 is 17.3 Å². The van der Waals surface area contributed by atoms with Crippen LogP contribution in [0.3, 0.4) is 0 Å². The monoisotopic (exact) mass is 346 g/mol. The number of ether oxygens (including phenoxy) is 1. The van der Waals surface area contributed by atoms with Crippen LogP contribution in [0.15, 0.2) is 29.3 Å². The molecule has 0 atom stereocenters. The molecule has 130 valence electrons. The van der Waals surface area contributed by atoms with Crippen molar-refractivity contribution in [2.24, 2.45) is 4.99 Å². The van der Waals surface area contributed by atoms with Crippen molar-refractivity contribution in [2.75, 3.05) is 20.2 Å². The molecule has 0 aliphatic heterocycles. The van der Waals surface area contributed by atoms with Gasteiger partial charge < -0.3 is 15.4 Å². The highest BCUT2D eigenvalue weighted by Crippen LogP contribution is 2.18. The Bertz CT molecular complexity index is 681. The number of aryl methyl sites for hydroxylation is 2. The third-order valence-corrected chi connectivity index (χ3v) is 4.67. The van der Waals surface area contributed by atoms with Gasteiger partial charge in [-0.15, -0.1) is 11.3 Å². The second kappa shape index (κ2) is 9.27. The van der Waals surface area contributed by atoms with Crippen molar-refractivity contribution in [3.8, 4) is 5.75 Å². The van der Waals surface area contributed by atoms with Crippen molar-refractivity contribution in [1.82, 2.24) is 15.6 Å². The molecule has 0 spiro atoms. The smallest absolute Gasteiger partial charge is 0.191 e. The molecule has 6 heteroatoms. The molecule has 0 aliphatic carbocycles. The van der Waals surface area contributed by atoms with Crippen LogP contribution in [0.25, 0.3) is 0 Å². The van der Waals surface area contributed by atoms with Crippen LogP contribution < -0.4 is 15.4 Å². The summed E-state index contributed by atoms with van der Waals surface area (Å²) in [6, 6.07) is 8.16. The Hall–Kier alpha value is -2.08. The van der Waals surface area contributed by atoms with E-state index in [2.05, 4.69) is 26.7 Å². The van der Waals surface area contributed by atoms with Gasteiger partial charge in [-0.25, -0.2) is 4.98 Å². The summed E-state index contributed by atoms with van der Waals surface area (Å²) in [4.78, 5) is 9.97. The highest BCUT2D eigenvalue weighted by Gasteiger charge is 2.06. The summed E-state index contributed by atoms with van der Waals surface area (Å²) in [7, 11) is 1.79. The molecule has 1 heterocycles. The van der Waals surface area contributed by atoms with Crippen LogP contribution in [0, 0.1) is 13.8 Å². The lowest BCUT2D eigenvalue weighted by molar-refractivity contribution is 0.336. The van der Waals surface area contributed by atoms with Crippen molar-refractivity contribution in [1.29, 1.82) is 0 Å². The largest absolute Gasteiger partial charge is 0.494 e. The first kappa shape index (κ1) is 18.3. The van der Waals surface area contributed by atoms with Gasteiger partial charge in [-0.1, -0.05) is 18.2 Å². The molecule has 0 saturated carbocycles. The van der Waals surface area contributed by atoms with Crippen LogP contribution in [-0.4, -0.2) is 31.1 Å². The quantitative estimate of drug-likeness (QED) is 0.597. The van der Waals surface area contributed by atoms with Gasteiger partial charge in [0, 0.05) is 18.5 Å². The van der Waals surface area contributed by atoms with E-state index < -0.39 is 0 Å². The first-order valence-electron chi connectivity index (χ1n) is 8.22. The zero-order valence-electron chi connectivity index (χ0n) is 14.8. The average Bonchev–Trinajstić information content (AvgIpc) is 2.90. The molecule has 0 saturated heterocycles. The van der Waals surface area contributed by atoms with E-state index in [1.165, 1.54) is 10.4 Å². The molecule has 0 fully saturated rings. The van der Waals surface area contributed by atoms with E-state index in [0.717, 1.165) is 41.9 Å². The molecule has 5 nitrogen and oxygen atoms in total. The van der Waals surface area contributed by atoms with Crippen molar-refractivity contribution in [2.45, 2.75) is 33.7 Å². The molecule has 1 aromatic carbocycles. The molecule has 0 amide bonds. The minimum absolute atomic E-state index is 0.682. The number of hydrogen-bond donors (Lipinski definition) is 2. The molecular formula is C18H26N4OS. The van der Waals surface area contributed by atoms with Gasteiger partial charge in [0.2, 0.25) is 0 Å². The molecule has 0 unspecified atom stereocenters. The normalized spacial score (nSPS) is 11.4. The Morgan fingerprint density at radius 2 is 2.04 bits per heavy atom. The van der Waals surface area contributed by atoms with Gasteiger partial charge >= 0.3 is 0 Å². The maximum absolute atomic E-state index is 5.66. The third kappa shape index (κ3) is 5.23. The van der Waals surface area contributed by atoms with E-state index in [1.54, 1.807) is 18.4 Å². The summed E-state index contributed by atoms with van der Waals surface area (Å²) in [5.41, 5.74) is 2.29. The molecule has 2 rings (SSSR count). The summed E-state index contributed by atoms with van der Waals surface area (Å²) in [6.45, 7) is 8.30. The van der Waals surface area contributed by atoms with Crippen LogP contribution in [0.5, 0.6) is 5.75 Å². The maximum Gasteiger partial charge on any atom is 0.191 e. The van der Waals surface area contributed by atoms with E-state index in [0.29, 0.717) is 6.61 Å².